The molecular weight excluding hydrogens is 387 g/mol. The van der Waals surface area contributed by atoms with Gasteiger partial charge in [0.2, 0.25) is 0 Å². The van der Waals surface area contributed by atoms with E-state index in [-0.39, 0.29) is 17.8 Å². The van der Waals surface area contributed by atoms with Crippen molar-refractivity contribution in [1.29, 1.82) is 0 Å². The second-order valence-electron chi connectivity index (χ2n) is 6.91. The Bertz CT molecular complexity index is 488. The van der Waals surface area contributed by atoms with Gasteiger partial charge in [0, 0.05) is 12.0 Å². The van der Waals surface area contributed by atoms with Crippen LogP contribution in [0.4, 0.5) is 0 Å². The van der Waals surface area contributed by atoms with E-state index in [1.807, 2.05) is 6.08 Å². The minimum Gasteiger partial charge on any atom is -0.392 e. The average molecular weight is 416 g/mol. The Morgan fingerprint density at radius 3 is 2.68 bits per heavy atom. The molecule has 1 N–H and O–H groups in total. The van der Waals surface area contributed by atoms with Gasteiger partial charge in [-0.15, -0.1) is 0 Å². The van der Waals surface area contributed by atoms with E-state index in [4.69, 9.17) is 0 Å². The van der Waals surface area contributed by atoms with Crippen molar-refractivity contribution in [2.45, 2.75) is 59.8 Å². The molecule has 1 rings (SSSR count). The quantitative estimate of drug-likeness (QED) is 0.448. The highest BCUT2D eigenvalue weighted by Gasteiger charge is 2.35. The predicted molar refractivity (Wildman–Crippen MR) is 102 cm³/mol. The van der Waals surface area contributed by atoms with Gasteiger partial charge in [0.25, 0.3) is 0 Å². The highest BCUT2D eigenvalue weighted by Crippen LogP contribution is 2.41. The summed E-state index contributed by atoms with van der Waals surface area (Å²) in [6.07, 6.45) is 9.23. The maximum absolute atomic E-state index is 11.8. The first kappa shape index (κ1) is 19.6. The average Bonchev–Trinajstić information content (AvgIpc) is 2.49. The molecule has 0 aliphatic heterocycles. The zero-order valence-corrected chi connectivity index (χ0v) is 16.4. The molecule has 0 aromatic rings. The molecule has 3 heteroatoms. The van der Waals surface area contributed by atoms with Gasteiger partial charge in [-0.2, -0.15) is 0 Å². The van der Waals surface area contributed by atoms with Gasteiger partial charge in [-0.25, -0.2) is 0 Å². The van der Waals surface area contributed by atoms with Crippen LogP contribution < -0.4 is 0 Å². The highest BCUT2D eigenvalue weighted by atomic mass is 127. The van der Waals surface area contributed by atoms with Gasteiger partial charge >= 0.3 is 0 Å². The Hall–Kier alpha value is -0.420. The number of halogens is 1. The molecule has 0 saturated heterocycles. The molecule has 0 amide bonds. The van der Waals surface area contributed by atoms with Crippen molar-refractivity contribution in [3.05, 3.63) is 33.0 Å². The van der Waals surface area contributed by atoms with E-state index in [1.165, 1.54) is 11.1 Å². The van der Waals surface area contributed by atoms with Gasteiger partial charge in [0.15, 0.2) is 5.78 Å². The zero-order valence-electron chi connectivity index (χ0n) is 14.3. The van der Waals surface area contributed by atoms with Crippen LogP contribution in [0.1, 0.15) is 59.8 Å². The summed E-state index contributed by atoms with van der Waals surface area (Å²) in [6.45, 7) is 8.60. The molecule has 0 fully saturated rings. The lowest BCUT2D eigenvalue weighted by Crippen LogP contribution is -2.32. The molecule has 0 spiro atoms. The molecule has 0 aromatic heterocycles. The number of rotatable bonds is 7. The minimum absolute atomic E-state index is 0.0130. The first-order chi connectivity index (χ1) is 10.3. The highest BCUT2D eigenvalue weighted by molar-refractivity contribution is 14.1. The van der Waals surface area contributed by atoms with Crippen molar-refractivity contribution >= 4 is 28.4 Å². The molecule has 1 aliphatic carbocycles. The Morgan fingerprint density at radius 2 is 2.09 bits per heavy atom. The molecule has 2 nitrogen and oxygen atoms in total. The van der Waals surface area contributed by atoms with E-state index >= 15 is 0 Å². The summed E-state index contributed by atoms with van der Waals surface area (Å²) in [4.78, 5) is 11.8. The number of ketones is 1. The Kier molecular flexibility index (Phi) is 8.04. The van der Waals surface area contributed by atoms with E-state index in [0.717, 1.165) is 25.7 Å². The topological polar surface area (TPSA) is 37.3 Å². The number of Topliss-reactive ketones (excluding diaryl/α,β-unsaturated/α-hetero) is 1. The van der Waals surface area contributed by atoms with Crippen molar-refractivity contribution in [3.8, 4) is 0 Å². The smallest absolute Gasteiger partial charge is 0.161 e. The molecule has 124 valence electrons. The lowest BCUT2D eigenvalue weighted by Gasteiger charge is -2.37. The fourth-order valence-electron chi connectivity index (χ4n) is 2.88. The Labute approximate surface area is 148 Å². The van der Waals surface area contributed by atoms with Crippen LogP contribution >= 0.6 is 22.6 Å². The summed E-state index contributed by atoms with van der Waals surface area (Å²) < 4.78 is 2.14. The third-order valence-electron chi connectivity index (χ3n) is 4.93. The Morgan fingerprint density at radius 1 is 1.41 bits per heavy atom. The summed E-state index contributed by atoms with van der Waals surface area (Å²) in [5.41, 5.74) is 3.46. The summed E-state index contributed by atoms with van der Waals surface area (Å²) >= 11 is 2.29. The van der Waals surface area contributed by atoms with Crippen LogP contribution in [0.15, 0.2) is 33.0 Å². The number of aliphatic hydroxyl groups is 1. The van der Waals surface area contributed by atoms with E-state index in [0.29, 0.717) is 17.9 Å². The molecule has 1 aliphatic rings. The summed E-state index contributed by atoms with van der Waals surface area (Å²) in [5.74, 6) is 0.452. The van der Waals surface area contributed by atoms with Gasteiger partial charge in [-0.05, 0) is 54.9 Å². The van der Waals surface area contributed by atoms with Crippen LogP contribution in [0.25, 0.3) is 0 Å². The second kappa shape index (κ2) is 9.02. The zero-order chi connectivity index (χ0) is 16.8. The van der Waals surface area contributed by atoms with Gasteiger partial charge < -0.3 is 5.11 Å². The van der Waals surface area contributed by atoms with Crippen molar-refractivity contribution in [3.63, 3.8) is 0 Å². The molecule has 0 unspecified atom stereocenters. The van der Waals surface area contributed by atoms with Crippen LogP contribution in [-0.2, 0) is 4.79 Å². The van der Waals surface area contributed by atoms with Crippen LogP contribution in [0.2, 0.25) is 0 Å². The number of carbonyl (C=O) groups excluding carboxylic acids is 1. The van der Waals surface area contributed by atoms with E-state index < -0.39 is 0 Å². The van der Waals surface area contributed by atoms with Gasteiger partial charge in [0.05, 0.1) is 6.61 Å². The fraction of sp³-hybridized carbons (Fsp3) is 0.632. The van der Waals surface area contributed by atoms with Crippen molar-refractivity contribution < 1.29 is 9.90 Å². The summed E-state index contributed by atoms with van der Waals surface area (Å²) in [7, 11) is 0. The minimum atomic E-state index is -0.127. The number of hydrogen-bond donors (Lipinski definition) is 1. The summed E-state index contributed by atoms with van der Waals surface area (Å²) in [6, 6.07) is 0. The number of hydrogen-bond acceptors (Lipinski definition) is 2. The molecule has 0 radical (unpaired) electrons. The van der Waals surface area contributed by atoms with Gasteiger partial charge in [-0.3, -0.25) is 4.79 Å². The molecule has 0 bridgehead atoms. The lowest BCUT2D eigenvalue weighted by atomic mass is 9.67. The summed E-state index contributed by atoms with van der Waals surface area (Å²) in [5, 5.41) is 9.34. The van der Waals surface area contributed by atoms with Gasteiger partial charge in [-0.1, -0.05) is 59.7 Å². The molecule has 22 heavy (non-hydrogen) atoms. The van der Waals surface area contributed by atoms with Crippen LogP contribution in [-0.4, -0.2) is 17.5 Å². The SMILES string of the molecule is C/C(=C\I)CC/C=C(\C)CC[C@@]1(C)C=C(CO)C(=O)C[C@H]1C. The maximum atomic E-state index is 11.8. The molecule has 0 heterocycles. The Balaban J connectivity index is 2.63. The van der Waals surface area contributed by atoms with Crippen molar-refractivity contribution in [1.82, 2.24) is 0 Å². The first-order valence-corrected chi connectivity index (χ1v) is 9.34. The second-order valence-corrected chi connectivity index (χ2v) is 7.53. The largest absolute Gasteiger partial charge is 0.392 e. The van der Waals surface area contributed by atoms with E-state index in [2.05, 4.69) is 60.4 Å². The number of carbonyl (C=O) groups is 1. The molecular formula is C19H29IO2. The third kappa shape index (κ3) is 5.65. The molecule has 0 saturated carbocycles. The maximum Gasteiger partial charge on any atom is 0.161 e. The molecule has 2 atom stereocenters. The van der Waals surface area contributed by atoms with E-state index in [9.17, 15) is 9.90 Å². The molecule has 0 aromatic carbocycles. The fourth-order valence-corrected chi connectivity index (χ4v) is 3.20. The van der Waals surface area contributed by atoms with Gasteiger partial charge in [0.1, 0.15) is 0 Å². The van der Waals surface area contributed by atoms with Crippen LogP contribution in [0.3, 0.4) is 0 Å². The standard InChI is InChI=1S/C19H29IO2/c1-14(6-5-7-15(2)12-20)8-9-19(4)11-17(13-21)18(22)10-16(19)3/h6,11-12,16,21H,5,7-10,13H2,1-4H3/b14-6+,15-12+/t16-,19+/m1/s1. The predicted octanol–water partition coefficient (Wildman–Crippen LogP) is 5.37. The van der Waals surface area contributed by atoms with E-state index in [1.54, 1.807) is 0 Å². The van der Waals surface area contributed by atoms with Crippen molar-refractivity contribution in [2.75, 3.05) is 6.61 Å². The van der Waals surface area contributed by atoms with Crippen LogP contribution in [0, 0.1) is 11.3 Å². The third-order valence-corrected chi connectivity index (χ3v) is 5.99. The van der Waals surface area contributed by atoms with Crippen LogP contribution in [0.5, 0.6) is 0 Å². The van der Waals surface area contributed by atoms with Crippen molar-refractivity contribution in [2.24, 2.45) is 11.3 Å². The first-order valence-electron chi connectivity index (χ1n) is 8.09. The normalized spacial score (nSPS) is 27.1. The number of allylic oxidation sites excluding steroid dienone is 4. The lowest BCUT2D eigenvalue weighted by molar-refractivity contribution is -0.118. The monoisotopic (exact) mass is 416 g/mol. The number of aliphatic hydroxyl groups excluding tert-OH is 1.